The van der Waals surface area contributed by atoms with Crippen molar-refractivity contribution >= 4 is 22.7 Å². The first-order valence-electron chi connectivity index (χ1n) is 4.07. The van der Waals surface area contributed by atoms with Gasteiger partial charge in [-0.25, -0.2) is 0 Å². The third kappa shape index (κ3) is 1.13. The van der Waals surface area contributed by atoms with Gasteiger partial charge < -0.3 is 0 Å². The molecule has 0 saturated carbocycles. The molecule has 0 unspecified atom stereocenters. The largest absolute Gasteiger partial charge is 0.288 e. The van der Waals surface area contributed by atoms with E-state index in [1.807, 2.05) is 0 Å². The fourth-order valence-electron chi connectivity index (χ4n) is 1.52. The second-order valence-corrected chi connectivity index (χ2v) is 3.86. The predicted octanol–water partition coefficient (Wildman–Crippen LogP) is 2.30. The lowest BCUT2D eigenvalue weighted by Gasteiger charge is -1.96. The lowest BCUT2D eigenvalue weighted by atomic mass is 10.0. The van der Waals surface area contributed by atoms with Crippen LogP contribution in [0.1, 0.15) is 15.2 Å². The summed E-state index contributed by atoms with van der Waals surface area (Å²) < 4.78 is 0. The summed E-state index contributed by atoms with van der Waals surface area (Å²) in [6, 6.07) is 5.31. The third-order valence-corrected chi connectivity index (χ3v) is 3.10. The van der Waals surface area contributed by atoms with Gasteiger partial charge in [0.05, 0.1) is 4.88 Å². The normalized spacial score (nSPS) is 13.3. The number of rotatable bonds is 0. The number of hydrogen-bond donors (Lipinski definition) is 0. The lowest BCUT2D eigenvalue weighted by Crippen LogP contribution is -1.92. The fraction of sp³-hybridized carbons (Fsp3) is 0. The molecule has 0 radical (unpaired) electrons. The average Bonchev–Trinajstić information content (AvgIpc) is 2.78. The molecule has 1 aliphatic rings. The van der Waals surface area contributed by atoms with Crippen LogP contribution in [0.15, 0.2) is 29.2 Å². The van der Waals surface area contributed by atoms with E-state index in [0.29, 0.717) is 16.0 Å². The molecule has 15 heavy (non-hydrogen) atoms. The van der Waals surface area contributed by atoms with Crippen LogP contribution < -0.4 is 0 Å². The molecule has 3 nitrogen and oxygen atoms in total. The zero-order chi connectivity index (χ0) is 11.0. The maximum absolute atomic E-state index is 11.7. The Morgan fingerprint density at radius 3 is 2.67 bits per heavy atom. The van der Waals surface area contributed by atoms with Gasteiger partial charge in [-0.15, -0.1) is 11.3 Å². The van der Waals surface area contributed by atoms with E-state index in [2.05, 4.69) is 6.58 Å². The van der Waals surface area contributed by atoms with Crippen LogP contribution in [0.25, 0.3) is 5.57 Å². The summed E-state index contributed by atoms with van der Waals surface area (Å²) >= 11 is 1.30. The number of hydrogen-bond acceptors (Lipinski definition) is 4. The van der Waals surface area contributed by atoms with Crippen LogP contribution in [0.2, 0.25) is 0 Å². The van der Waals surface area contributed by atoms with Crippen molar-refractivity contribution in [2.24, 2.45) is 0 Å². The fourth-order valence-corrected chi connectivity index (χ4v) is 2.38. The summed E-state index contributed by atoms with van der Waals surface area (Å²) in [5, 5.41) is 19.3. The molecule has 0 fully saturated rings. The Kier molecular flexibility index (Phi) is 2.00. The first-order chi connectivity index (χ1) is 7.20. The summed E-state index contributed by atoms with van der Waals surface area (Å²) in [5.74, 6) is -0.182. The van der Waals surface area contributed by atoms with Crippen LogP contribution >= 0.6 is 11.3 Å². The summed E-state index contributed by atoms with van der Waals surface area (Å²) in [6.07, 6.45) is 0. The standard InChI is InChI=1S/C11H4N2OS/c1-6-9(7(4-12)5-13)8-2-3-15-11(8)10(6)14/h2-3H,1H2. The van der Waals surface area contributed by atoms with Crippen molar-refractivity contribution in [3.63, 3.8) is 0 Å². The Morgan fingerprint density at radius 2 is 2.07 bits per heavy atom. The Labute approximate surface area is 90.2 Å². The van der Waals surface area contributed by atoms with Gasteiger partial charge in [0, 0.05) is 16.7 Å². The monoisotopic (exact) mass is 212 g/mol. The molecule has 0 bridgehead atoms. The van der Waals surface area contributed by atoms with Gasteiger partial charge in [-0.2, -0.15) is 10.5 Å². The van der Waals surface area contributed by atoms with E-state index in [0.717, 1.165) is 0 Å². The maximum atomic E-state index is 11.7. The first-order valence-corrected chi connectivity index (χ1v) is 4.95. The molecule has 2 rings (SSSR count). The van der Waals surface area contributed by atoms with Gasteiger partial charge in [-0.3, -0.25) is 4.79 Å². The van der Waals surface area contributed by atoms with Crippen molar-refractivity contribution in [3.05, 3.63) is 39.6 Å². The quantitative estimate of drug-likeness (QED) is 0.489. The van der Waals surface area contributed by atoms with Crippen LogP contribution in [-0.2, 0) is 0 Å². The number of thiophene rings is 1. The van der Waals surface area contributed by atoms with E-state index >= 15 is 0 Å². The molecule has 1 aliphatic carbocycles. The van der Waals surface area contributed by atoms with Crippen LogP contribution in [0.4, 0.5) is 0 Å². The topological polar surface area (TPSA) is 64.7 Å². The molecule has 0 atom stereocenters. The van der Waals surface area contributed by atoms with E-state index in [1.54, 1.807) is 23.6 Å². The first kappa shape index (κ1) is 9.39. The number of carbonyl (C=O) groups excluding carboxylic acids is 1. The van der Waals surface area contributed by atoms with Crippen molar-refractivity contribution in [1.82, 2.24) is 0 Å². The predicted molar refractivity (Wildman–Crippen MR) is 55.9 cm³/mol. The highest BCUT2D eigenvalue weighted by molar-refractivity contribution is 7.13. The maximum Gasteiger partial charge on any atom is 0.203 e. The van der Waals surface area contributed by atoms with Crippen molar-refractivity contribution in [3.8, 4) is 12.1 Å². The van der Waals surface area contributed by atoms with E-state index in [1.165, 1.54) is 11.3 Å². The van der Waals surface area contributed by atoms with Gasteiger partial charge in [0.1, 0.15) is 17.7 Å². The van der Waals surface area contributed by atoms with Gasteiger partial charge in [0.2, 0.25) is 5.78 Å². The van der Waals surface area contributed by atoms with Crippen molar-refractivity contribution in [2.75, 3.05) is 0 Å². The molecule has 1 aromatic heterocycles. The highest BCUT2D eigenvalue weighted by atomic mass is 32.1. The molecule has 0 aliphatic heterocycles. The summed E-state index contributed by atoms with van der Waals surface area (Å²) in [6.45, 7) is 3.62. The van der Waals surface area contributed by atoms with E-state index in [9.17, 15) is 4.79 Å². The van der Waals surface area contributed by atoms with Gasteiger partial charge in [0.25, 0.3) is 0 Å². The van der Waals surface area contributed by atoms with E-state index in [4.69, 9.17) is 10.5 Å². The molecule has 4 heteroatoms. The van der Waals surface area contributed by atoms with Gasteiger partial charge in [-0.05, 0) is 11.4 Å². The lowest BCUT2D eigenvalue weighted by molar-refractivity contribution is 0.104. The van der Waals surface area contributed by atoms with Gasteiger partial charge in [-0.1, -0.05) is 6.58 Å². The van der Waals surface area contributed by atoms with Crippen LogP contribution in [0.3, 0.4) is 0 Å². The minimum atomic E-state index is -0.182. The molecule has 0 aromatic carbocycles. The molecular weight excluding hydrogens is 208 g/mol. The van der Waals surface area contributed by atoms with Crippen molar-refractivity contribution in [2.45, 2.75) is 0 Å². The van der Waals surface area contributed by atoms with Crippen LogP contribution in [-0.4, -0.2) is 5.78 Å². The summed E-state index contributed by atoms with van der Waals surface area (Å²) in [4.78, 5) is 12.2. The van der Waals surface area contributed by atoms with Gasteiger partial charge >= 0.3 is 0 Å². The second-order valence-electron chi connectivity index (χ2n) is 2.94. The van der Waals surface area contributed by atoms with Crippen LogP contribution in [0, 0.1) is 22.7 Å². The average molecular weight is 212 g/mol. The smallest absolute Gasteiger partial charge is 0.203 e. The number of nitriles is 2. The Balaban J connectivity index is 2.80. The van der Waals surface area contributed by atoms with Crippen molar-refractivity contribution < 1.29 is 4.79 Å². The number of nitrogens with zero attached hydrogens (tertiary/aromatic N) is 2. The Hall–Kier alpha value is -2.17. The van der Waals surface area contributed by atoms with E-state index in [-0.39, 0.29) is 16.9 Å². The molecule has 0 saturated heterocycles. The Bertz CT molecular complexity index is 577. The number of carbonyl (C=O) groups is 1. The van der Waals surface area contributed by atoms with Gasteiger partial charge in [0.15, 0.2) is 0 Å². The number of ketones is 1. The van der Waals surface area contributed by atoms with E-state index < -0.39 is 0 Å². The number of fused-ring (bicyclic) bond motifs is 1. The molecule has 0 amide bonds. The molecule has 1 heterocycles. The van der Waals surface area contributed by atoms with Crippen LogP contribution in [0.5, 0.6) is 0 Å². The number of Topliss-reactive ketones (excluding diaryl/α,β-unsaturated/α-hetero) is 1. The Morgan fingerprint density at radius 1 is 1.40 bits per heavy atom. The zero-order valence-electron chi connectivity index (χ0n) is 7.57. The van der Waals surface area contributed by atoms with Crippen molar-refractivity contribution in [1.29, 1.82) is 10.5 Å². The SMILES string of the molecule is C=C1C(=O)c2sccc2C1=C(C#N)C#N. The molecule has 70 valence electrons. The molecule has 1 aromatic rings. The molecular formula is C11H4N2OS. The zero-order valence-corrected chi connectivity index (χ0v) is 8.39. The number of allylic oxidation sites excluding steroid dienone is 3. The summed E-state index contributed by atoms with van der Waals surface area (Å²) in [5.41, 5.74) is 1.25. The minimum absolute atomic E-state index is 0.0505. The highest BCUT2D eigenvalue weighted by Gasteiger charge is 2.31. The minimum Gasteiger partial charge on any atom is -0.288 e. The third-order valence-electron chi connectivity index (χ3n) is 2.19. The summed E-state index contributed by atoms with van der Waals surface area (Å²) in [7, 11) is 0. The highest BCUT2D eigenvalue weighted by Crippen LogP contribution is 2.40. The second kappa shape index (κ2) is 3.20. The molecule has 0 N–H and O–H groups in total. The molecule has 0 spiro atoms.